The van der Waals surface area contributed by atoms with Gasteiger partial charge in [0.05, 0.1) is 24.4 Å². The normalized spacial score (nSPS) is 24.9. The van der Waals surface area contributed by atoms with Gasteiger partial charge in [-0.2, -0.15) is 0 Å². The van der Waals surface area contributed by atoms with Gasteiger partial charge in [0.1, 0.15) is 0 Å². The summed E-state index contributed by atoms with van der Waals surface area (Å²) in [5.74, 6) is -0.713. The first-order valence-corrected chi connectivity index (χ1v) is 8.31. The number of rotatable bonds is 7. The number of hydrogen-bond donors (Lipinski definition) is 1. The highest BCUT2D eigenvalue weighted by atomic mass is 32.2. The Bertz CT molecular complexity index is 355. The second kappa shape index (κ2) is 7.09. The molecular formula is C12H22O5S. The van der Waals surface area contributed by atoms with Crippen molar-refractivity contribution in [3.8, 4) is 0 Å². The zero-order valence-corrected chi connectivity index (χ0v) is 11.6. The van der Waals surface area contributed by atoms with Crippen LogP contribution < -0.4 is 0 Å². The second-order valence-electron chi connectivity index (χ2n) is 4.83. The maximum atomic E-state index is 11.5. The van der Waals surface area contributed by atoms with Gasteiger partial charge < -0.3 is 9.84 Å². The predicted octanol–water partition coefficient (Wildman–Crippen LogP) is 1.47. The summed E-state index contributed by atoms with van der Waals surface area (Å²) in [4.78, 5) is 10.8. The van der Waals surface area contributed by atoms with Gasteiger partial charge in [0.2, 0.25) is 0 Å². The van der Waals surface area contributed by atoms with Crippen LogP contribution in [0.25, 0.3) is 0 Å². The van der Waals surface area contributed by atoms with Gasteiger partial charge in [0, 0.05) is 5.75 Å². The Balaban J connectivity index is 2.20. The van der Waals surface area contributed by atoms with Crippen LogP contribution in [0.4, 0.5) is 0 Å². The summed E-state index contributed by atoms with van der Waals surface area (Å²) in [6.45, 7) is 2.07. The lowest BCUT2D eigenvalue weighted by molar-refractivity contribution is -0.143. The molecule has 1 rings (SSSR count). The molecule has 6 heteroatoms. The standard InChI is InChI=1S/C12H22O5S/c1-2-8-18(15,16)9-7-17-11-5-3-10(4-6-11)12(13)14/h10-11H,2-9H2,1H3,(H,13,14). The highest BCUT2D eigenvalue weighted by molar-refractivity contribution is 7.91. The molecule has 106 valence electrons. The van der Waals surface area contributed by atoms with Gasteiger partial charge in [-0.25, -0.2) is 8.42 Å². The van der Waals surface area contributed by atoms with E-state index in [9.17, 15) is 13.2 Å². The van der Waals surface area contributed by atoms with Crippen LogP contribution in [0, 0.1) is 5.92 Å². The Kier molecular flexibility index (Phi) is 6.08. The third-order valence-corrected chi connectivity index (χ3v) is 5.11. The number of aliphatic carboxylic acids is 1. The van der Waals surface area contributed by atoms with Gasteiger partial charge in [0.25, 0.3) is 0 Å². The van der Waals surface area contributed by atoms with E-state index in [1.54, 1.807) is 0 Å². The lowest BCUT2D eigenvalue weighted by atomic mass is 9.87. The summed E-state index contributed by atoms with van der Waals surface area (Å²) in [5.41, 5.74) is 0. The molecule has 1 N–H and O–H groups in total. The van der Waals surface area contributed by atoms with Gasteiger partial charge >= 0.3 is 5.97 Å². The quantitative estimate of drug-likeness (QED) is 0.762. The third-order valence-electron chi connectivity index (χ3n) is 3.29. The van der Waals surface area contributed by atoms with Crippen molar-refractivity contribution in [2.75, 3.05) is 18.1 Å². The molecule has 0 aromatic carbocycles. The molecule has 0 heterocycles. The molecule has 0 aliphatic heterocycles. The van der Waals surface area contributed by atoms with E-state index in [2.05, 4.69) is 0 Å². The Labute approximate surface area is 108 Å². The van der Waals surface area contributed by atoms with E-state index in [4.69, 9.17) is 9.84 Å². The molecular weight excluding hydrogens is 256 g/mol. The van der Waals surface area contributed by atoms with Crippen molar-refractivity contribution < 1.29 is 23.1 Å². The van der Waals surface area contributed by atoms with E-state index in [0.717, 1.165) is 0 Å². The van der Waals surface area contributed by atoms with E-state index in [-0.39, 0.29) is 30.1 Å². The average molecular weight is 278 g/mol. The highest BCUT2D eigenvalue weighted by Gasteiger charge is 2.26. The Morgan fingerprint density at radius 3 is 2.33 bits per heavy atom. The zero-order chi connectivity index (χ0) is 13.6. The number of hydrogen-bond acceptors (Lipinski definition) is 4. The maximum absolute atomic E-state index is 11.5. The van der Waals surface area contributed by atoms with Crippen LogP contribution in [0.2, 0.25) is 0 Å². The summed E-state index contributed by atoms with van der Waals surface area (Å²) < 4.78 is 28.4. The Morgan fingerprint density at radius 2 is 1.83 bits per heavy atom. The van der Waals surface area contributed by atoms with Gasteiger partial charge in [-0.3, -0.25) is 4.79 Å². The van der Waals surface area contributed by atoms with Crippen LogP contribution in [0.5, 0.6) is 0 Å². The monoisotopic (exact) mass is 278 g/mol. The number of ether oxygens (including phenoxy) is 1. The molecule has 0 spiro atoms. The number of sulfone groups is 1. The van der Waals surface area contributed by atoms with E-state index >= 15 is 0 Å². The average Bonchev–Trinajstić information content (AvgIpc) is 2.29. The lowest BCUT2D eigenvalue weighted by Crippen LogP contribution is -2.27. The topological polar surface area (TPSA) is 80.7 Å². The fraction of sp³-hybridized carbons (Fsp3) is 0.917. The molecule has 1 aliphatic carbocycles. The van der Waals surface area contributed by atoms with Crippen LogP contribution in [0.1, 0.15) is 39.0 Å². The molecule has 0 saturated heterocycles. The first kappa shape index (κ1) is 15.4. The SMILES string of the molecule is CCCS(=O)(=O)CCOC1CCC(C(=O)O)CC1. The fourth-order valence-electron chi connectivity index (χ4n) is 2.23. The van der Waals surface area contributed by atoms with Crippen LogP contribution in [-0.4, -0.2) is 43.7 Å². The predicted molar refractivity (Wildman–Crippen MR) is 68.3 cm³/mol. The molecule has 0 aromatic heterocycles. The molecule has 1 fully saturated rings. The van der Waals surface area contributed by atoms with Gasteiger partial charge in [-0.05, 0) is 32.1 Å². The van der Waals surface area contributed by atoms with E-state index in [1.165, 1.54) is 0 Å². The molecule has 0 aromatic rings. The molecule has 0 bridgehead atoms. The molecule has 5 nitrogen and oxygen atoms in total. The van der Waals surface area contributed by atoms with Gasteiger partial charge in [0.15, 0.2) is 9.84 Å². The van der Waals surface area contributed by atoms with Crippen LogP contribution in [0.15, 0.2) is 0 Å². The molecule has 1 aliphatic rings. The summed E-state index contributed by atoms with van der Waals surface area (Å²) in [7, 11) is -2.98. The van der Waals surface area contributed by atoms with E-state index < -0.39 is 15.8 Å². The smallest absolute Gasteiger partial charge is 0.306 e. The fourth-order valence-corrected chi connectivity index (χ4v) is 3.41. The van der Waals surface area contributed by atoms with Crippen LogP contribution in [-0.2, 0) is 19.4 Å². The highest BCUT2D eigenvalue weighted by Crippen LogP contribution is 2.26. The van der Waals surface area contributed by atoms with Crippen LogP contribution >= 0.6 is 0 Å². The summed E-state index contributed by atoms with van der Waals surface area (Å²) in [6, 6.07) is 0. The molecule has 0 radical (unpaired) electrons. The van der Waals surface area contributed by atoms with Crippen molar-refractivity contribution in [1.29, 1.82) is 0 Å². The minimum absolute atomic E-state index is 0.0254. The number of carboxylic acid groups (broad SMARTS) is 1. The van der Waals surface area contributed by atoms with Crippen LogP contribution in [0.3, 0.4) is 0 Å². The Hall–Kier alpha value is -0.620. The summed E-state index contributed by atoms with van der Waals surface area (Å²) in [5, 5.41) is 8.85. The van der Waals surface area contributed by atoms with Crippen molar-refractivity contribution in [2.24, 2.45) is 5.92 Å². The largest absolute Gasteiger partial charge is 0.481 e. The van der Waals surface area contributed by atoms with Crippen molar-refractivity contribution in [2.45, 2.75) is 45.1 Å². The second-order valence-corrected chi connectivity index (χ2v) is 7.14. The Morgan fingerprint density at radius 1 is 1.22 bits per heavy atom. The number of carbonyl (C=O) groups is 1. The van der Waals surface area contributed by atoms with Crippen molar-refractivity contribution in [3.63, 3.8) is 0 Å². The molecule has 0 unspecified atom stereocenters. The lowest BCUT2D eigenvalue weighted by Gasteiger charge is -2.26. The minimum atomic E-state index is -2.98. The van der Waals surface area contributed by atoms with Crippen molar-refractivity contribution in [3.05, 3.63) is 0 Å². The summed E-state index contributed by atoms with van der Waals surface area (Å²) in [6.07, 6.45) is 3.34. The molecule has 18 heavy (non-hydrogen) atoms. The van der Waals surface area contributed by atoms with Gasteiger partial charge in [-0.15, -0.1) is 0 Å². The molecule has 0 atom stereocenters. The first-order chi connectivity index (χ1) is 8.44. The van der Waals surface area contributed by atoms with Crippen molar-refractivity contribution in [1.82, 2.24) is 0 Å². The summed E-state index contributed by atoms with van der Waals surface area (Å²) >= 11 is 0. The molecule has 1 saturated carbocycles. The van der Waals surface area contributed by atoms with E-state index in [0.29, 0.717) is 32.1 Å². The maximum Gasteiger partial charge on any atom is 0.306 e. The third kappa shape index (κ3) is 5.35. The first-order valence-electron chi connectivity index (χ1n) is 6.49. The van der Waals surface area contributed by atoms with Gasteiger partial charge in [-0.1, -0.05) is 6.92 Å². The number of carboxylic acids is 1. The van der Waals surface area contributed by atoms with E-state index in [1.807, 2.05) is 6.92 Å². The minimum Gasteiger partial charge on any atom is -0.481 e. The van der Waals surface area contributed by atoms with Crippen molar-refractivity contribution >= 4 is 15.8 Å². The zero-order valence-electron chi connectivity index (χ0n) is 10.8. The molecule has 0 amide bonds.